The number of thiazole rings is 1. The van der Waals surface area contributed by atoms with Crippen LogP contribution in [0.5, 0.6) is 11.5 Å². The number of nitrogens with zero attached hydrogens (tertiary/aromatic N) is 1. The molecule has 4 nitrogen and oxygen atoms in total. The molecule has 1 aromatic heterocycles. The second-order valence-electron chi connectivity index (χ2n) is 7.29. The molecule has 4 rings (SSSR count). The Labute approximate surface area is 196 Å². The first-order valence-corrected chi connectivity index (χ1v) is 12.3. The molecule has 4 aromatic rings. The summed E-state index contributed by atoms with van der Waals surface area (Å²) in [6.07, 6.45) is 1.31. The largest absolute Gasteiger partial charge is 0.457 e. The van der Waals surface area contributed by atoms with Crippen LogP contribution in [0.4, 0.5) is 5.13 Å². The molecule has 0 spiro atoms. The first-order valence-electron chi connectivity index (χ1n) is 10.4. The highest BCUT2D eigenvalue weighted by molar-refractivity contribution is 7.99. The summed E-state index contributed by atoms with van der Waals surface area (Å²) in [7, 11) is 0. The summed E-state index contributed by atoms with van der Waals surface area (Å²) >= 11 is 3.21. The molecular formula is C26H24N2O2S2. The van der Waals surface area contributed by atoms with E-state index >= 15 is 0 Å². The summed E-state index contributed by atoms with van der Waals surface area (Å²) in [4.78, 5) is 18.1. The predicted molar refractivity (Wildman–Crippen MR) is 134 cm³/mol. The van der Waals surface area contributed by atoms with E-state index < -0.39 is 0 Å². The number of benzene rings is 3. The minimum atomic E-state index is 0.00187. The Morgan fingerprint density at radius 1 is 0.969 bits per heavy atom. The number of rotatable bonds is 9. The molecule has 0 aliphatic rings. The lowest BCUT2D eigenvalue weighted by atomic mass is 10.2. The summed E-state index contributed by atoms with van der Waals surface area (Å²) in [5.74, 6) is 2.49. The summed E-state index contributed by atoms with van der Waals surface area (Å²) in [6.45, 7) is 2.08. The fraction of sp³-hybridized carbons (Fsp3) is 0.154. The Bertz CT molecular complexity index is 1140. The lowest BCUT2D eigenvalue weighted by molar-refractivity contribution is -0.116. The van der Waals surface area contributed by atoms with Crippen LogP contribution in [-0.4, -0.2) is 16.6 Å². The maximum atomic E-state index is 12.3. The van der Waals surface area contributed by atoms with E-state index in [1.807, 2.05) is 60.0 Å². The third kappa shape index (κ3) is 6.45. The highest BCUT2D eigenvalue weighted by Gasteiger charge is 2.09. The van der Waals surface area contributed by atoms with Gasteiger partial charge in [0.05, 0.1) is 5.69 Å². The minimum Gasteiger partial charge on any atom is -0.457 e. The molecule has 0 radical (unpaired) electrons. The molecule has 0 unspecified atom stereocenters. The van der Waals surface area contributed by atoms with Gasteiger partial charge in [0.15, 0.2) is 5.13 Å². The number of hydrogen-bond acceptors (Lipinski definition) is 5. The molecule has 3 aromatic carbocycles. The number of anilines is 1. The monoisotopic (exact) mass is 460 g/mol. The number of carbonyl (C=O) groups excluding carboxylic acids is 1. The van der Waals surface area contributed by atoms with Gasteiger partial charge in [0.2, 0.25) is 5.91 Å². The Balaban J connectivity index is 1.24. The number of thioether (sulfide) groups is 1. The summed E-state index contributed by atoms with van der Waals surface area (Å²) < 4.78 is 5.83. The fourth-order valence-corrected chi connectivity index (χ4v) is 4.61. The van der Waals surface area contributed by atoms with Crippen molar-refractivity contribution < 1.29 is 9.53 Å². The van der Waals surface area contributed by atoms with Crippen LogP contribution in [0.15, 0.2) is 89.1 Å². The second kappa shape index (κ2) is 11.0. The third-order valence-corrected chi connectivity index (χ3v) is 6.57. The zero-order chi connectivity index (χ0) is 22.2. The van der Waals surface area contributed by atoms with Gasteiger partial charge in [0.25, 0.3) is 0 Å². The van der Waals surface area contributed by atoms with Crippen molar-refractivity contribution in [2.75, 3.05) is 11.1 Å². The van der Waals surface area contributed by atoms with Gasteiger partial charge in [-0.15, -0.1) is 23.1 Å². The SMILES string of the molecule is Cc1ccc(SCCCC(=O)Nc2nc(-c3ccc(Oc4ccccc4)cc3)cs2)cc1. The number of amides is 1. The van der Waals surface area contributed by atoms with Crippen LogP contribution in [-0.2, 0) is 4.79 Å². The third-order valence-electron chi connectivity index (χ3n) is 4.72. The summed E-state index contributed by atoms with van der Waals surface area (Å²) in [5.41, 5.74) is 3.08. The minimum absolute atomic E-state index is 0.00187. The Kier molecular flexibility index (Phi) is 7.59. The maximum Gasteiger partial charge on any atom is 0.226 e. The number of nitrogens with one attached hydrogen (secondary N) is 1. The highest BCUT2D eigenvalue weighted by Crippen LogP contribution is 2.28. The number of ether oxygens (including phenoxy) is 1. The van der Waals surface area contributed by atoms with E-state index in [4.69, 9.17) is 4.74 Å². The predicted octanol–water partition coefficient (Wildman–Crippen LogP) is 7.42. The molecule has 1 amide bonds. The lowest BCUT2D eigenvalue weighted by Crippen LogP contribution is -2.11. The maximum absolute atomic E-state index is 12.3. The van der Waals surface area contributed by atoms with E-state index in [0.717, 1.165) is 34.9 Å². The molecule has 0 aliphatic carbocycles. The molecule has 0 bridgehead atoms. The molecule has 0 fully saturated rings. The van der Waals surface area contributed by atoms with Gasteiger partial charge < -0.3 is 10.1 Å². The van der Waals surface area contributed by atoms with Crippen LogP contribution in [0.25, 0.3) is 11.3 Å². The van der Waals surface area contributed by atoms with E-state index in [9.17, 15) is 4.79 Å². The van der Waals surface area contributed by atoms with Crippen molar-refractivity contribution >= 4 is 34.1 Å². The number of para-hydroxylation sites is 1. The van der Waals surface area contributed by atoms with Gasteiger partial charge in [-0.3, -0.25) is 4.79 Å². The zero-order valence-electron chi connectivity index (χ0n) is 17.8. The number of hydrogen-bond donors (Lipinski definition) is 1. The van der Waals surface area contributed by atoms with Crippen LogP contribution >= 0.6 is 23.1 Å². The lowest BCUT2D eigenvalue weighted by Gasteiger charge is -2.06. The van der Waals surface area contributed by atoms with E-state index in [1.54, 1.807) is 11.8 Å². The zero-order valence-corrected chi connectivity index (χ0v) is 19.4. The van der Waals surface area contributed by atoms with Gasteiger partial charge in [0.1, 0.15) is 11.5 Å². The van der Waals surface area contributed by atoms with E-state index in [2.05, 4.69) is 41.5 Å². The number of aromatic nitrogens is 1. The molecule has 0 aliphatic heterocycles. The van der Waals surface area contributed by atoms with E-state index in [1.165, 1.54) is 21.8 Å². The van der Waals surface area contributed by atoms with Crippen LogP contribution in [0, 0.1) is 6.92 Å². The van der Waals surface area contributed by atoms with Crippen molar-refractivity contribution in [3.8, 4) is 22.8 Å². The molecular weight excluding hydrogens is 436 g/mol. The van der Waals surface area contributed by atoms with Gasteiger partial charge >= 0.3 is 0 Å². The average molecular weight is 461 g/mol. The molecule has 0 saturated carbocycles. The first kappa shape index (κ1) is 22.1. The van der Waals surface area contributed by atoms with E-state index in [0.29, 0.717) is 11.6 Å². The topological polar surface area (TPSA) is 51.2 Å². The molecule has 6 heteroatoms. The molecule has 1 N–H and O–H groups in total. The average Bonchev–Trinajstić information content (AvgIpc) is 3.27. The molecule has 0 atom stereocenters. The quantitative estimate of drug-likeness (QED) is 0.208. The highest BCUT2D eigenvalue weighted by atomic mass is 32.2. The van der Waals surface area contributed by atoms with Crippen LogP contribution in [0.1, 0.15) is 18.4 Å². The summed E-state index contributed by atoms with van der Waals surface area (Å²) in [6, 6.07) is 25.9. The van der Waals surface area contributed by atoms with Crippen LogP contribution < -0.4 is 10.1 Å². The molecule has 162 valence electrons. The Morgan fingerprint density at radius 3 is 2.44 bits per heavy atom. The van der Waals surface area contributed by atoms with Crippen LogP contribution in [0.2, 0.25) is 0 Å². The van der Waals surface area contributed by atoms with Crippen molar-refractivity contribution in [2.45, 2.75) is 24.7 Å². The Hall–Kier alpha value is -3.09. The van der Waals surface area contributed by atoms with Gasteiger partial charge in [0, 0.05) is 22.3 Å². The van der Waals surface area contributed by atoms with Gasteiger partial charge in [-0.05, 0) is 67.6 Å². The Morgan fingerprint density at radius 2 is 1.69 bits per heavy atom. The standard InChI is InChI=1S/C26H24N2O2S2/c1-19-9-15-23(16-10-19)31-17-5-8-25(29)28-26-27-24(18-32-26)20-11-13-22(14-12-20)30-21-6-3-2-4-7-21/h2-4,6-7,9-16,18H,5,8,17H2,1H3,(H,27,28,29). The van der Waals surface area contributed by atoms with Crippen molar-refractivity contribution in [3.63, 3.8) is 0 Å². The van der Waals surface area contributed by atoms with Gasteiger partial charge in [-0.25, -0.2) is 4.98 Å². The van der Waals surface area contributed by atoms with Crippen molar-refractivity contribution in [2.24, 2.45) is 0 Å². The van der Waals surface area contributed by atoms with Crippen LogP contribution in [0.3, 0.4) is 0 Å². The van der Waals surface area contributed by atoms with Crippen molar-refractivity contribution in [3.05, 3.63) is 89.8 Å². The normalized spacial score (nSPS) is 10.7. The summed E-state index contributed by atoms with van der Waals surface area (Å²) in [5, 5.41) is 5.50. The smallest absolute Gasteiger partial charge is 0.226 e. The fourth-order valence-electron chi connectivity index (χ4n) is 3.02. The van der Waals surface area contributed by atoms with Crippen molar-refractivity contribution in [1.29, 1.82) is 0 Å². The van der Waals surface area contributed by atoms with E-state index in [-0.39, 0.29) is 5.91 Å². The van der Waals surface area contributed by atoms with Gasteiger partial charge in [-0.2, -0.15) is 0 Å². The molecule has 32 heavy (non-hydrogen) atoms. The van der Waals surface area contributed by atoms with Crippen molar-refractivity contribution in [1.82, 2.24) is 4.98 Å². The molecule has 1 heterocycles. The number of carbonyl (C=O) groups is 1. The first-order chi connectivity index (χ1) is 15.7. The number of aryl methyl sites for hydroxylation is 1. The van der Waals surface area contributed by atoms with Gasteiger partial charge in [-0.1, -0.05) is 35.9 Å². The molecule has 0 saturated heterocycles. The second-order valence-corrected chi connectivity index (χ2v) is 9.32.